The molecular formula is C14H18BrN3O. The monoisotopic (exact) mass is 323 g/mol. The summed E-state index contributed by atoms with van der Waals surface area (Å²) in [5, 5.41) is 12.1. The highest BCUT2D eigenvalue weighted by molar-refractivity contribution is 9.10. The highest BCUT2D eigenvalue weighted by Gasteiger charge is 2.36. The number of halogens is 1. The number of oxime groups is 1. The van der Waals surface area contributed by atoms with Crippen LogP contribution in [0.25, 0.3) is 0 Å². The number of anilines is 1. The van der Waals surface area contributed by atoms with Crippen LogP contribution in [0.3, 0.4) is 0 Å². The molecule has 1 aliphatic carbocycles. The molecule has 0 aromatic heterocycles. The summed E-state index contributed by atoms with van der Waals surface area (Å²) in [4.78, 5) is 2.38. The minimum Gasteiger partial charge on any atom is -0.409 e. The van der Waals surface area contributed by atoms with Crippen LogP contribution in [0.15, 0.2) is 27.8 Å². The maximum Gasteiger partial charge on any atom is 0.172 e. The van der Waals surface area contributed by atoms with Gasteiger partial charge in [0.1, 0.15) is 0 Å². The Morgan fingerprint density at radius 2 is 2.00 bits per heavy atom. The average molecular weight is 324 g/mol. The fraction of sp³-hybridized carbons (Fsp3) is 0.500. The van der Waals surface area contributed by atoms with Gasteiger partial charge in [-0.25, -0.2) is 0 Å². The SMILES string of the molecule is N/C(=N/O)c1cc(Br)ccc1N1CC2CCCC2C1. The molecular weight excluding hydrogens is 306 g/mol. The molecule has 19 heavy (non-hydrogen) atoms. The summed E-state index contributed by atoms with van der Waals surface area (Å²) in [5.74, 6) is 1.82. The van der Waals surface area contributed by atoms with Crippen LogP contribution < -0.4 is 10.6 Å². The van der Waals surface area contributed by atoms with Crippen molar-refractivity contribution in [2.75, 3.05) is 18.0 Å². The second-order valence-electron chi connectivity index (χ2n) is 5.50. The van der Waals surface area contributed by atoms with Gasteiger partial charge in [0.05, 0.1) is 0 Å². The average Bonchev–Trinajstić information content (AvgIpc) is 2.98. The van der Waals surface area contributed by atoms with Crippen molar-refractivity contribution < 1.29 is 5.21 Å². The van der Waals surface area contributed by atoms with E-state index in [1.807, 2.05) is 12.1 Å². The van der Waals surface area contributed by atoms with Gasteiger partial charge in [-0.2, -0.15) is 0 Å². The molecule has 1 saturated carbocycles. The number of nitrogens with two attached hydrogens (primary N) is 1. The molecule has 1 aliphatic heterocycles. The van der Waals surface area contributed by atoms with Crippen LogP contribution in [0.4, 0.5) is 5.69 Å². The van der Waals surface area contributed by atoms with Gasteiger partial charge in [-0.15, -0.1) is 0 Å². The Morgan fingerprint density at radius 1 is 1.32 bits per heavy atom. The molecule has 0 radical (unpaired) electrons. The third-order valence-corrected chi connectivity index (χ3v) is 4.90. The van der Waals surface area contributed by atoms with E-state index in [2.05, 4.69) is 32.1 Å². The highest BCUT2D eigenvalue weighted by atomic mass is 79.9. The minimum absolute atomic E-state index is 0.174. The van der Waals surface area contributed by atoms with Crippen molar-refractivity contribution in [2.45, 2.75) is 19.3 Å². The molecule has 1 saturated heterocycles. The lowest BCUT2D eigenvalue weighted by atomic mass is 10.0. The van der Waals surface area contributed by atoms with Crippen LogP contribution in [0.1, 0.15) is 24.8 Å². The number of nitrogens with zero attached hydrogens (tertiary/aromatic N) is 2. The second-order valence-corrected chi connectivity index (χ2v) is 6.42. The predicted octanol–water partition coefficient (Wildman–Crippen LogP) is 2.78. The summed E-state index contributed by atoms with van der Waals surface area (Å²) in [6.07, 6.45) is 4.06. The fourth-order valence-corrected chi connectivity index (χ4v) is 3.84. The molecule has 102 valence electrons. The Morgan fingerprint density at radius 3 is 2.63 bits per heavy atom. The first kappa shape index (κ1) is 12.8. The summed E-state index contributed by atoms with van der Waals surface area (Å²) in [6.45, 7) is 2.19. The molecule has 3 rings (SSSR count). The first-order valence-electron chi connectivity index (χ1n) is 6.71. The van der Waals surface area contributed by atoms with Crippen LogP contribution in [0.2, 0.25) is 0 Å². The summed E-state index contributed by atoms with van der Waals surface area (Å²) in [7, 11) is 0. The lowest BCUT2D eigenvalue weighted by Gasteiger charge is -2.22. The molecule has 2 atom stereocenters. The Labute approximate surface area is 121 Å². The molecule has 0 spiro atoms. The quantitative estimate of drug-likeness (QED) is 0.381. The van der Waals surface area contributed by atoms with E-state index in [4.69, 9.17) is 10.9 Å². The van der Waals surface area contributed by atoms with E-state index in [1.54, 1.807) is 0 Å². The van der Waals surface area contributed by atoms with Gasteiger partial charge in [-0.05, 0) is 42.9 Å². The molecule has 2 fully saturated rings. The van der Waals surface area contributed by atoms with Crippen molar-refractivity contribution in [3.05, 3.63) is 28.2 Å². The largest absolute Gasteiger partial charge is 0.409 e. The zero-order valence-corrected chi connectivity index (χ0v) is 12.3. The van der Waals surface area contributed by atoms with Gasteiger partial charge < -0.3 is 15.8 Å². The topological polar surface area (TPSA) is 61.9 Å². The molecule has 5 heteroatoms. The standard InChI is InChI=1S/C14H18BrN3O/c15-11-4-5-13(12(6-11)14(16)17-19)18-7-9-2-1-3-10(9)8-18/h4-6,9-10,19H,1-3,7-8H2,(H2,16,17). The van der Waals surface area contributed by atoms with Crippen molar-refractivity contribution in [3.63, 3.8) is 0 Å². The third-order valence-electron chi connectivity index (χ3n) is 4.41. The van der Waals surface area contributed by atoms with E-state index < -0.39 is 0 Å². The number of fused-ring (bicyclic) bond motifs is 1. The van der Waals surface area contributed by atoms with E-state index in [1.165, 1.54) is 19.3 Å². The van der Waals surface area contributed by atoms with E-state index in [0.29, 0.717) is 0 Å². The van der Waals surface area contributed by atoms with Crippen LogP contribution in [-0.2, 0) is 0 Å². The molecule has 1 heterocycles. The Balaban J connectivity index is 1.92. The zero-order valence-electron chi connectivity index (χ0n) is 10.7. The van der Waals surface area contributed by atoms with Crippen molar-refractivity contribution >= 4 is 27.5 Å². The van der Waals surface area contributed by atoms with Gasteiger partial charge >= 0.3 is 0 Å². The van der Waals surface area contributed by atoms with Crippen LogP contribution in [0.5, 0.6) is 0 Å². The number of rotatable bonds is 2. The van der Waals surface area contributed by atoms with Crippen LogP contribution in [0, 0.1) is 11.8 Å². The van der Waals surface area contributed by atoms with Gasteiger partial charge in [0.25, 0.3) is 0 Å². The van der Waals surface area contributed by atoms with Crippen molar-refractivity contribution in [1.29, 1.82) is 0 Å². The summed E-state index contributed by atoms with van der Waals surface area (Å²) in [5.41, 5.74) is 7.68. The summed E-state index contributed by atoms with van der Waals surface area (Å²) < 4.78 is 0.942. The molecule has 2 unspecified atom stereocenters. The lowest BCUT2D eigenvalue weighted by Crippen LogP contribution is -2.25. The molecule has 0 bridgehead atoms. The Bertz CT molecular complexity index is 505. The van der Waals surface area contributed by atoms with E-state index in [0.717, 1.165) is 40.6 Å². The zero-order chi connectivity index (χ0) is 13.4. The van der Waals surface area contributed by atoms with Crippen molar-refractivity contribution in [3.8, 4) is 0 Å². The maximum atomic E-state index is 8.94. The highest BCUT2D eigenvalue weighted by Crippen LogP contribution is 2.40. The lowest BCUT2D eigenvalue weighted by molar-refractivity contribution is 0.318. The molecule has 1 aromatic rings. The summed E-state index contributed by atoms with van der Waals surface area (Å²) in [6, 6.07) is 5.98. The number of benzene rings is 1. The van der Waals surface area contributed by atoms with Gasteiger partial charge in [0, 0.05) is 28.8 Å². The second kappa shape index (κ2) is 5.04. The Kier molecular flexibility index (Phi) is 3.39. The molecule has 3 N–H and O–H groups in total. The number of hydrogen-bond donors (Lipinski definition) is 2. The molecule has 1 aromatic carbocycles. The first-order chi connectivity index (χ1) is 9.19. The first-order valence-corrected chi connectivity index (χ1v) is 7.50. The number of hydrogen-bond acceptors (Lipinski definition) is 3. The molecule has 4 nitrogen and oxygen atoms in total. The normalized spacial score (nSPS) is 26.8. The van der Waals surface area contributed by atoms with Crippen molar-refractivity contribution in [2.24, 2.45) is 22.7 Å². The van der Waals surface area contributed by atoms with E-state index >= 15 is 0 Å². The molecule has 0 amide bonds. The van der Waals surface area contributed by atoms with Crippen LogP contribution >= 0.6 is 15.9 Å². The summed E-state index contributed by atoms with van der Waals surface area (Å²) >= 11 is 3.44. The van der Waals surface area contributed by atoms with Crippen LogP contribution in [-0.4, -0.2) is 24.1 Å². The van der Waals surface area contributed by atoms with Gasteiger partial charge in [-0.1, -0.05) is 27.5 Å². The van der Waals surface area contributed by atoms with Crippen molar-refractivity contribution in [1.82, 2.24) is 0 Å². The van der Waals surface area contributed by atoms with Gasteiger partial charge in [0.15, 0.2) is 5.84 Å². The Hall–Kier alpha value is -1.23. The fourth-order valence-electron chi connectivity index (χ4n) is 3.47. The maximum absolute atomic E-state index is 8.94. The smallest absolute Gasteiger partial charge is 0.172 e. The molecule has 2 aliphatic rings. The van der Waals surface area contributed by atoms with Gasteiger partial charge in [-0.3, -0.25) is 0 Å². The van der Waals surface area contributed by atoms with E-state index in [9.17, 15) is 0 Å². The third kappa shape index (κ3) is 2.31. The minimum atomic E-state index is 0.174. The van der Waals surface area contributed by atoms with Gasteiger partial charge in [0.2, 0.25) is 0 Å². The predicted molar refractivity (Wildman–Crippen MR) is 79.7 cm³/mol. The number of amidine groups is 1. The van der Waals surface area contributed by atoms with E-state index in [-0.39, 0.29) is 5.84 Å².